The van der Waals surface area contributed by atoms with Gasteiger partial charge in [-0.2, -0.15) is 105 Å². The Kier molecular flexibility index (Phi) is 28.5. The summed E-state index contributed by atoms with van der Waals surface area (Å²) in [6.07, 6.45) is -43.2. The molecular weight excluding hydrogens is 1440 g/mol. The van der Waals surface area contributed by atoms with E-state index in [-0.39, 0.29) is 60.1 Å². The van der Waals surface area contributed by atoms with Crippen molar-refractivity contribution in [2.24, 2.45) is 0 Å². The Hall–Kier alpha value is -10.8. The van der Waals surface area contributed by atoms with E-state index in [1.54, 1.807) is 0 Å². The van der Waals surface area contributed by atoms with Gasteiger partial charge < -0.3 is 39.4 Å². The molecule has 8 rings (SSSR count). The highest BCUT2D eigenvalue weighted by Gasteiger charge is 2.38. The second-order valence-corrected chi connectivity index (χ2v) is 19.9. The van der Waals surface area contributed by atoms with E-state index in [2.05, 4.69) is 0 Å². The zero-order valence-corrected chi connectivity index (χ0v) is 48.9. The van der Waals surface area contributed by atoms with E-state index in [9.17, 15) is 145 Å². The average molecular weight is 1490 g/mol. The summed E-state index contributed by atoms with van der Waals surface area (Å²) in [6, 6.07) is 26.2. The van der Waals surface area contributed by atoms with E-state index in [1.807, 2.05) is 0 Å². The van der Waals surface area contributed by atoms with Crippen LogP contribution in [0.4, 0.5) is 105 Å². The van der Waals surface area contributed by atoms with Gasteiger partial charge in [-0.15, -0.1) is 0 Å². The van der Waals surface area contributed by atoms with Crippen LogP contribution in [-0.2, 0) is 68.6 Å². The number of ether oxygens (including phenoxy) is 4. The predicted octanol–water partition coefficient (Wildman–Crippen LogP) is 21.0. The Balaban J connectivity index is 0.000000351. The van der Waals surface area contributed by atoms with E-state index >= 15 is 0 Å². The first-order valence-corrected chi connectivity index (χ1v) is 26.9. The number of hydrogen-bond acceptors (Lipinski definition) is 8. The quantitative estimate of drug-likeness (QED) is 0.0672. The molecule has 0 aromatic heterocycles. The Labute approximate surface area is 559 Å². The SMILES string of the molecule is C.C.O=C(O)C(Oc1ccc(C(F)(F)F)cc1)c1ccc(C(F)(F)F)cc1.O=C(O)C(Oc1ccc(C(F)(F)F)cc1)c1ccc(C(F)(F)F)cc1.O=C(O)C(Oc1ccc(C(F)(F)F)cc1)c1ccc(C(F)(F)F)cc1.O=C(O)C(Oc1ccc(C(F)(F)F)cc1)c1ccc(C(F)(F)F)cc1. The number of aliphatic carboxylic acids is 4. The largest absolute Gasteiger partial charge is 0.478 e. The van der Waals surface area contributed by atoms with Crippen LogP contribution in [0.25, 0.3) is 0 Å². The Morgan fingerprint density at radius 3 is 0.392 bits per heavy atom. The van der Waals surface area contributed by atoms with Gasteiger partial charge in [0.1, 0.15) is 23.0 Å². The molecule has 0 saturated heterocycles. The molecule has 0 aliphatic carbocycles. The standard InChI is InChI=1S/4C16H10F6O3.2CH4/c4*17-15(18,19)10-3-1-9(2-4-10)13(14(23)24)25-12-7-5-11(6-8-12)16(20,21)22;;/h4*1-8,13H,(H,23,24);2*1H4. The molecule has 552 valence electrons. The maximum Gasteiger partial charge on any atom is 0.416 e. The van der Waals surface area contributed by atoms with E-state index in [1.165, 1.54) is 0 Å². The summed E-state index contributed by atoms with van der Waals surface area (Å²) < 4.78 is 320. The van der Waals surface area contributed by atoms with Gasteiger partial charge in [-0.25, -0.2) is 19.2 Å². The number of benzene rings is 8. The van der Waals surface area contributed by atoms with Crippen molar-refractivity contribution in [3.05, 3.63) is 261 Å². The number of alkyl halides is 24. The minimum absolute atomic E-state index is 0. The molecule has 102 heavy (non-hydrogen) atoms. The van der Waals surface area contributed by atoms with Gasteiger partial charge in [-0.05, 0) is 146 Å². The number of halogens is 24. The van der Waals surface area contributed by atoms with Gasteiger partial charge in [0.2, 0.25) is 24.4 Å². The monoisotopic (exact) mass is 1490 g/mol. The van der Waals surface area contributed by atoms with E-state index in [0.29, 0.717) is 97.1 Å². The summed E-state index contributed by atoms with van der Waals surface area (Å²) in [6.45, 7) is 0. The average Bonchev–Trinajstić information content (AvgIpc) is 0.837. The van der Waals surface area contributed by atoms with Gasteiger partial charge in [-0.3, -0.25) is 0 Å². The lowest BCUT2D eigenvalue weighted by atomic mass is 10.1. The summed E-state index contributed by atoms with van der Waals surface area (Å²) in [5, 5.41) is 36.7. The van der Waals surface area contributed by atoms with Crippen molar-refractivity contribution in [2.45, 2.75) is 88.7 Å². The summed E-state index contributed by atoms with van der Waals surface area (Å²) in [5.74, 6) is -6.67. The second-order valence-electron chi connectivity index (χ2n) is 19.9. The first-order valence-electron chi connectivity index (χ1n) is 26.9. The van der Waals surface area contributed by atoms with Crippen molar-refractivity contribution >= 4 is 23.9 Å². The molecule has 4 unspecified atom stereocenters. The van der Waals surface area contributed by atoms with Gasteiger partial charge in [-0.1, -0.05) is 63.4 Å². The molecule has 8 aromatic carbocycles. The molecule has 0 amide bonds. The fraction of sp³-hybridized carbons (Fsp3) is 0.212. The first-order chi connectivity index (χ1) is 45.9. The van der Waals surface area contributed by atoms with Crippen LogP contribution in [0.2, 0.25) is 0 Å². The zero-order chi connectivity index (χ0) is 75.3. The molecule has 0 radical (unpaired) electrons. The van der Waals surface area contributed by atoms with Crippen LogP contribution in [0, 0.1) is 0 Å². The van der Waals surface area contributed by atoms with Crippen LogP contribution in [0.1, 0.15) is 106 Å². The number of carboxylic acid groups (broad SMARTS) is 4. The highest BCUT2D eigenvalue weighted by molar-refractivity contribution is 5.76. The lowest BCUT2D eigenvalue weighted by Crippen LogP contribution is -2.18. The summed E-state index contributed by atoms with van der Waals surface area (Å²) in [7, 11) is 0. The van der Waals surface area contributed by atoms with Crippen molar-refractivity contribution < 1.29 is 164 Å². The predicted molar refractivity (Wildman–Crippen MR) is 309 cm³/mol. The lowest BCUT2D eigenvalue weighted by Gasteiger charge is -2.17. The van der Waals surface area contributed by atoms with E-state index in [0.717, 1.165) is 97.1 Å². The maximum absolute atomic E-state index is 12.5. The Bertz CT molecular complexity index is 3460. The van der Waals surface area contributed by atoms with E-state index < -0.39 is 142 Å². The second kappa shape index (κ2) is 34.0. The summed E-state index contributed by atoms with van der Waals surface area (Å²) in [4.78, 5) is 45.1. The normalized spacial score (nSPS) is 13.1. The molecule has 0 heterocycles. The molecule has 4 N–H and O–H groups in total. The molecule has 0 spiro atoms. The van der Waals surface area contributed by atoms with Crippen LogP contribution in [-0.4, -0.2) is 44.3 Å². The van der Waals surface area contributed by atoms with Crippen molar-refractivity contribution in [3.8, 4) is 23.0 Å². The highest BCUT2D eigenvalue weighted by Crippen LogP contribution is 2.39. The third kappa shape index (κ3) is 25.4. The fourth-order valence-corrected chi connectivity index (χ4v) is 7.87. The van der Waals surface area contributed by atoms with Gasteiger partial charge in [0.05, 0.1) is 44.5 Å². The van der Waals surface area contributed by atoms with Crippen LogP contribution >= 0.6 is 0 Å². The molecule has 4 atom stereocenters. The topological polar surface area (TPSA) is 186 Å². The van der Waals surface area contributed by atoms with Gasteiger partial charge >= 0.3 is 73.3 Å². The molecule has 36 heteroatoms. The molecule has 0 aliphatic heterocycles. The first kappa shape index (κ1) is 85.4. The van der Waals surface area contributed by atoms with Crippen molar-refractivity contribution in [1.82, 2.24) is 0 Å². The van der Waals surface area contributed by atoms with Crippen LogP contribution in [0.3, 0.4) is 0 Å². The minimum Gasteiger partial charge on any atom is -0.478 e. The van der Waals surface area contributed by atoms with Crippen molar-refractivity contribution in [1.29, 1.82) is 0 Å². The van der Waals surface area contributed by atoms with Crippen molar-refractivity contribution in [2.75, 3.05) is 0 Å². The van der Waals surface area contributed by atoms with Gasteiger partial charge in [0, 0.05) is 22.3 Å². The molecule has 0 aliphatic rings. The number of rotatable bonds is 16. The fourth-order valence-electron chi connectivity index (χ4n) is 7.87. The van der Waals surface area contributed by atoms with Crippen LogP contribution in [0.5, 0.6) is 23.0 Å². The third-order valence-corrected chi connectivity index (χ3v) is 12.8. The Morgan fingerprint density at radius 1 is 0.206 bits per heavy atom. The maximum atomic E-state index is 12.5. The Morgan fingerprint density at radius 2 is 0.304 bits per heavy atom. The molecule has 0 saturated carbocycles. The number of hydrogen-bond donors (Lipinski definition) is 4. The highest BCUT2D eigenvalue weighted by atomic mass is 19.4. The van der Waals surface area contributed by atoms with Gasteiger partial charge in [0.25, 0.3) is 0 Å². The zero-order valence-electron chi connectivity index (χ0n) is 48.9. The van der Waals surface area contributed by atoms with Crippen LogP contribution < -0.4 is 18.9 Å². The number of carbonyl (C=O) groups is 4. The van der Waals surface area contributed by atoms with E-state index in [4.69, 9.17) is 18.9 Å². The minimum atomic E-state index is -4.58. The molecule has 12 nitrogen and oxygen atoms in total. The van der Waals surface area contributed by atoms with Gasteiger partial charge in [0.15, 0.2) is 0 Å². The molecule has 0 fully saturated rings. The van der Waals surface area contributed by atoms with Crippen molar-refractivity contribution in [3.63, 3.8) is 0 Å². The third-order valence-electron chi connectivity index (χ3n) is 12.8. The number of carboxylic acids is 4. The van der Waals surface area contributed by atoms with Crippen LogP contribution in [0.15, 0.2) is 194 Å². The molecular formula is C66H48F24O12. The lowest BCUT2D eigenvalue weighted by molar-refractivity contribution is -0.146. The summed E-state index contributed by atoms with van der Waals surface area (Å²) >= 11 is 0. The molecule has 8 aromatic rings. The summed E-state index contributed by atoms with van der Waals surface area (Å²) in [5.41, 5.74) is -7.96. The smallest absolute Gasteiger partial charge is 0.416 e. The molecule has 0 bridgehead atoms.